The lowest BCUT2D eigenvalue weighted by atomic mass is 9.98. The summed E-state index contributed by atoms with van der Waals surface area (Å²) >= 11 is 0. The van der Waals surface area contributed by atoms with E-state index in [1.54, 1.807) is 25.6 Å². The maximum atomic E-state index is 11.6. The number of hydrogen-bond donors (Lipinski definition) is 2. The van der Waals surface area contributed by atoms with Crippen LogP contribution in [0.15, 0.2) is 36.7 Å². The van der Waals surface area contributed by atoms with E-state index in [1.807, 2.05) is 18.2 Å². The van der Waals surface area contributed by atoms with Crippen molar-refractivity contribution in [1.29, 1.82) is 0 Å². The van der Waals surface area contributed by atoms with E-state index in [2.05, 4.69) is 15.2 Å². The van der Waals surface area contributed by atoms with Crippen molar-refractivity contribution in [2.45, 2.75) is 6.42 Å². The van der Waals surface area contributed by atoms with Crippen molar-refractivity contribution in [1.82, 2.24) is 15.2 Å². The van der Waals surface area contributed by atoms with Gasteiger partial charge < -0.3 is 16.2 Å². The molecule has 0 radical (unpaired) electrons. The first-order chi connectivity index (χ1) is 11.7. The van der Waals surface area contributed by atoms with Crippen molar-refractivity contribution in [3.05, 3.63) is 47.9 Å². The Kier molecular flexibility index (Phi) is 4.35. The van der Waals surface area contributed by atoms with Crippen LogP contribution in [-0.4, -0.2) is 34.7 Å². The van der Waals surface area contributed by atoms with E-state index in [0.29, 0.717) is 29.8 Å². The molecule has 0 unspecified atom stereocenters. The summed E-state index contributed by atoms with van der Waals surface area (Å²) in [4.78, 5) is 15.8. The maximum Gasteiger partial charge on any atom is 0.269 e. The van der Waals surface area contributed by atoms with Gasteiger partial charge in [-0.15, -0.1) is 10.2 Å². The van der Waals surface area contributed by atoms with E-state index >= 15 is 0 Å². The van der Waals surface area contributed by atoms with Crippen LogP contribution < -0.4 is 16.2 Å². The van der Waals surface area contributed by atoms with E-state index in [1.165, 1.54) is 0 Å². The summed E-state index contributed by atoms with van der Waals surface area (Å²) in [5.41, 5.74) is 14.2. The number of primary amides is 1. The molecule has 7 heteroatoms. The number of fused-ring (bicyclic) bond motifs is 1. The highest BCUT2D eigenvalue weighted by Gasteiger charge is 2.18. The number of methoxy groups -OCH3 is 1. The largest absolute Gasteiger partial charge is 0.496 e. The molecule has 0 bridgehead atoms. The number of aromatic nitrogens is 3. The van der Waals surface area contributed by atoms with Crippen LogP contribution >= 0.6 is 0 Å². The third kappa shape index (κ3) is 2.65. The van der Waals surface area contributed by atoms with Gasteiger partial charge in [0.2, 0.25) is 0 Å². The van der Waals surface area contributed by atoms with Crippen LogP contribution in [0.1, 0.15) is 16.1 Å². The lowest BCUT2D eigenvalue weighted by Crippen LogP contribution is -2.19. The molecule has 2 aromatic heterocycles. The Balaban J connectivity index is 2.32. The first-order valence-corrected chi connectivity index (χ1v) is 7.44. The van der Waals surface area contributed by atoms with Crippen molar-refractivity contribution >= 4 is 16.8 Å². The lowest BCUT2D eigenvalue weighted by molar-refractivity contribution is 0.0994. The zero-order valence-corrected chi connectivity index (χ0v) is 13.2. The fourth-order valence-electron chi connectivity index (χ4n) is 2.76. The second-order valence-corrected chi connectivity index (χ2v) is 5.21. The van der Waals surface area contributed by atoms with E-state index < -0.39 is 5.91 Å². The number of rotatable bonds is 5. The molecule has 0 saturated heterocycles. The van der Waals surface area contributed by atoms with Gasteiger partial charge in [0.1, 0.15) is 11.3 Å². The fraction of sp³-hybridized carbons (Fsp3) is 0.176. The van der Waals surface area contributed by atoms with Gasteiger partial charge in [-0.05, 0) is 24.6 Å². The Morgan fingerprint density at radius 1 is 1.21 bits per heavy atom. The van der Waals surface area contributed by atoms with E-state index in [9.17, 15) is 4.79 Å². The normalized spacial score (nSPS) is 10.8. The van der Waals surface area contributed by atoms with Crippen molar-refractivity contribution in [3.8, 4) is 16.9 Å². The number of benzene rings is 1. The molecular formula is C17H17N5O2. The van der Waals surface area contributed by atoms with Crippen molar-refractivity contribution in [3.63, 3.8) is 0 Å². The monoisotopic (exact) mass is 323 g/mol. The minimum absolute atomic E-state index is 0.156. The van der Waals surface area contributed by atoms with Crippen LogP contribution in [0.2, 0.25) is 0 Å². The minimum atomic E-state index is -0.614. The highest BCUT2D eigenvalue weighted by molar-refractivity contribution is 6.01. The maximum absolute atomic E-state index is 11.6. The van der Waals surface area contributed by atoms with Crippen LogP contribution in [0.3, 0.4) is 0 Å². The van der Waals surface area contributed by atoms with Gasteiger partial charge in [0.05, 0.1) is 7.11 Å². The molecule has 7 nitrogen and oxygen atoms in total. The first-order valence-electron chi connectivity index (χ1n) is 7.44. The van der Waals surface area contributed by atoms with E-state index in [4.69, 9.17) is 16.2 Å². The second-order valence-electron chi connectivity index (χ2n) is 5.21. The molecule has 122 valence electrons. The zero-order chi connectivity index (χ0) is 17.1. The van der Waals surface area contributed by atoms with Crippen LogP contribution in [0.25, 0.3) is 22.0 Å². The summed E-state index contributed by atoms with van der Waals surface area (Å²) in [5, 5.41) is 9.05. The van der Waals surface area contributed by atoms with Gasteiger partial charge in [-0.2, -0.15) is 0 Å². The molecule has 4 N–H and O–H groups in total. The summed E-state index contributed by atoms with van der Waals surface area (Å²) in [6, 6.07) is 7.46. The molecule has 3 aromatic rings. The summed E-state index contributed by atoms with van der Waals surface area (Å²) in [5.74, 6) is 0.0656. The highest BCUT2D eigenvalue weighted by Crippen LogP contribution is 2.34. The lowest BCUT2D eigenvalue weighted by Gasteiger charge is -2.13. The summed E-state index contributed by atoms with van der Waals surface area (Å²) in [6.45, 7) is 0.377. The third-order valence-corrected chi connectivity index (χ3v) is 3.82. The van der Waals surface area contributed by atoms with Gasteiger partial charge in [-0.25, -0.2) is 0 Å². The number of nitrogens with zero attached hydrogens (tertiary/aromatic N) is 3. The van der Waals surface area contributed by atoms with Crippen molar-refractivity contribution in [2.24, 2.45) is 11.5 Å². The number of pyridine rings is 1. The van der Waals surface area contributed by atoms with Gasteiger partial charge in [0, 0.05) is 28.9 Å². The topological polar surface area (TPSA) is 117 Å². The molecule has 0 atom stereocenters. The number of amides is 1. The summed E-state index contributed by atoms with van der Waals surface area (Å²) in [6.07, 6.45) is 3.85. The molecule has 0 aliphatic carbocycles. The van der Waals surface area contributed by atoms with Crippen LogP contribution in [0.5, 0.6) is 5.75 Å². The number of nitrogens with two attached hydrogens (primary N) is 2. The number of carbonyl (C=O) groups is 1. The predicted molar refractivity (Wildman–Crippen MR) is 90.6 cm³/mol. The van der Waals surface area contributed by atoms with E-state index in [-0.39, 0.29) is 5.69 Å². The van der Waals surface area contributed by atoms with Gasteiger partial charge >= 0.3 is 0 Å². The smallest absolute Gasteiger partial charge is 0.269 e. The van der Waals surface area contributed by atoms with Crippen LogP contribution in [-0.2, 0) is 6.42 Å². The average Bonchev–Trinajstić information content (AvgIpc) is 2.61. The Labute approximate surface area is 138 Å². The third-order valence-electron chi connectivity index (χ3n) is 3.82. The van der Waals surface area contributed by atoms with Crippen LogP contribution in [0.4, 0.5) is 0 Å². The first kappa shape index (κ1) is 15.8. The van der Waals surface area contributed by atoms with Crippen molar-refractivity contribution in [2.75, 3.05) is 13.7 Å². The second kappa shape index (κ2) is 6.59. The fourth-order valence-corrected chi connectivity index (χ4v) is 2.76. The molecule has 3 rings (SSSR count). The number of hydrogen-bond acceptors (Lipinski definition) is 6. The van der Waals surface area contributed by atoms with Gasteiger partial charge in [-0.3, -0.25) is 9.78 Å². The molecule has 1 aromatic carbocycles. The Morgan fingerprint density at radius 2 is 2.04 bits per heavy atom. The molecular weight excluding hydrogens is 306 g/mol. The number of carbonyl (C=O) groups excluding carboxylic acids is 1. The molecule has 2 heterocycles. The summed E-state index contributed by atoms with van der Waals surface area (Å²) < 4.78 is 5.41. The highest BCUT2D eigenvalue weighted by atomic mass is 16.5. The standard InChI is InChI=1S/C17H17N5O2/c1-24-14-6-8-20-9-13(14)11-4-2-3-10-12(5-7-18)16(17(19)23)22-21-15(10)11/h2-4,6,8-9H,5,7,18H2,1H3,(H2,19,23). The molecule has 1 amide bonds. The average molecular weight is 323 g/mol. The molecule has 0 aliphatic rings. The van der Waals surface area contributed by atoms with Crippen LogP contribution in [0, 0.1) is 0 Å². The van der Waals surface area contributed by atoms with Gasteiger partial charge in [0.15, 0.2) is 5.69 Å². The van der Waals surface area contributed by atoms with Crippen molar-refractivity contribution < 1.29 is 9.53 Å². The Hall–Kier alpha value is -3.06. The molecule has 0 aliphatic heterocycles. The summed E-state index contributed by atoms with van der Waals surface area (Å²) in [7, 11) is 1.60. The quantitative estimate of drug-likeness (QED) is 0.731. The molecule has 24 heavy (non-hydrogen) atoms. The Bertz CT molecular complexity index is 911. The minimum Gasteiger partial charge on any atom is -0.496 e. The molecule has 0 saturated carbocycles. The van der Waals surface area contributed by atoms with Gasteiger partial charge in [0.25, 0.3) is 5.91 Å². The zero-order valence-electron chi connectivity index (χ0n) is 13.2. The molecule has 0 fully saturated rings. The SMILES string of the molecule is COc1ccncc1-c1cccc2c(CCN)c(C(N)=O)nnc12. The Morgan fingerprint density at radius 3 is 2.75 bits per heavy atom. The number of ether oxygens (including phenoxy) is 1. The van der Waals surface area contributed by atoms with E-state index in [0.717, 1.165) is 16.5 Å². The van der Waals surface area contributed by atoms with Gasteiger partial charge in [-0.1, -0.05) is 18.2 Å². The predicted octanol–water partition coefficient (Wildman–Crippen LogP) is 1.30. The molecule has 0 spiro atoms.